The third kappa shape index (κ3) is 3.88. The maximum atomic E-state index is 13.2. The number of hydrogen-bond donors (Lipinski definition) is 0. The molecular weight excluding hydrogens is 396 g/mol. The Hall–Kier alpha value is -1.55. The molecule has 1 aromatic carbocycles. The summed E-state index contributed by atoms with van der Waals surface area (Å²) in [5, 5.41) is 0.637. The second kappa shape index (κ2) is 7.85. The molecule has 5 aliphatic rings. The SMILES string of the molecule is CN(CC12CC3CC(CC(C3)C1)C2)C(=O)C1CCN(C(=O)c2ccc(Cl)cc2)CC1. The average molecular weight is 429 g/mol. The van der Waals surface area contributed by atoms with Gasteiger partial charge in [0.25, 0.3) is 5.91 Å². The van der Waals surface area contributed by atoms with Crippen LogP contribution in [0.4, 0.5) is 0 Å². The van der Waals surface area contributed by atoms with Crippen LogP contribution in [-0.4, -0.2) is 48.3 Å². The van der Waals surface area contributed by atoms with E-state index in [2.05, 4.69) is 4.90 Å². The van der Waals surface area contributed by atoms with Crippen molar-refractivity contribution in [3.8, 4) is 0 Å². The van der Waals surface area contributed by atoms with Crippen LogP contribution in [0.5, 0.6) is 0 Å². The first-order chi connectivity index (χ1) is 14.4. The fourth-order valence-corrected chi connectivity index (χ4v) is 7.61. The molecule has 0 atom stereocenters. The molecule has 0 aromatic heterocycles. The van der Waals surface area contributed by atoms with Gasteiger partial charge in [-0.3, -0.25) is 9.59 Å². The Morgan fingerprint density at radius 3 is 2.07 bits per heavy atom. The number of piperidine rings is 1. The van der Waals surface area contributed by atoms with Gasteiger partial charge in [-0.15, -0.1) is 0 Å². The average Bonchev–Trinajstić information content (AvgIpc) is 2.72. The number of nitrogens with zero attached hydrogens (tertiary/aromatic N) is 2. The second-order valence-corrected chi connectivity index (χ2v) is 11.1. The Labute approximate surface area is 184 Å². The van der Waals surface area contributed by atoms with Crippen molar-refractivity contribution in [3.05, 3.63) is 34.9 Å². The molecule has 4 bridgehead atoms. The lowest BCUT2D eigenvalue weighted by Crippen LogP contribution is -2.52. The smallest absolute Gasteiger partial charge is 0.253 e. The number of halogens is 1. The lowest BCUT2D eigenvalue weighted by molar-refractivity contribution is -0.140. The van der Waals surface area contributed by atoms with Gasteiger partial charge in [0.05, 0.1) is 0 Å². The van der Waals surface area contributed by atoms with Crippen molar-refractivity contribution in [1.82, 2.24) is 9.80 Å². The normalized spacial score (nSPS) is 33.0. The van der Waals surface area contributed by atoms with E-state index in [4.69, 9.17) is 11.6 Å². The van der Waals surface area contributed by atoms with Crippen molar-refractivity contribution in [2.24, 2.45) is 29.1 Å². The molecule has 1 saturated heterocycles. The molecule has 4 aliphatic carbocycles. The zero-order valence-electron chi connectivity index (χ0n) is 18.0. The van der Waals surface area contributed by atoms with Crippen LogP contribution in [0.25, 0.3) is 0 Å². The van der Waals surface area contributed by atoms with Crippen LogP contribution in [0.15, 0.2) is 24.3 Å². The highest BCUT2D eigenvalue weighted by molar-refractivity contribution is 6.30. The Morgan fingerprint density at radius 2 is 1.53 bits per heavy atom. The number of rotatable bonds is 4. The monoisotopic (exact) mass is 428 g/mol. The van der Waals surface area contributed by atoms with Gasteiger partial charge in [0.1, 0.15) is 0 Å². The summed E-state index contributed by atoms with van der Waals surface area (Å²) < 4.78 is 0. The number of amides is 2. The first kappa shape index (κ1) is 20.4. The number of benzene rings is 1. The summed E-state index contributed by atoms with van der Waals surface area (Å²) in [5.74, 6) is 3.15. The fraction of sp³-hybridized carbons (Fsp3) is 0.680. The van der Waals surface area contributed by atoms with Crippen LogP contribution in [-0.2, 0) is 4.79 Å². The summed E-state index contributed by atoms with van der Waals surface area (Å²) in [6.07, 6.45) is 9.87. The van der Waals surface area contributed by atoms with Gasteiger partial charge in [0, 0.05) is 43.2 Å². The van der Waals surface area contributed by atoms with Gasteiger partial charge in [0.2, 0.25) is 5.91 Å². The van der Waals surface area contributed by atoms with Gasteiger partial charge in [-0.1, -0.05) is 11.6 Å². The van der Waals surface area contributed by atoms with Crippen LogP contribution in [0.1, 0.15) is 61.7 Å². The van der Waals surface area contributed by atoms with E-state index in [0.29, 0.717) is 35.0 Å². The molecule has 6 rings (SSSR count). The molecule has 0 spiro atoms. The molecule has 0 unspecified atom stereocenters. The summed E-state index contributed by atoms with van der Waals surface area (Å²) in [6, 6.07) is 7.07. The summed E-state index contributed by atoms with van der Waals surface area (Å²) >= 11 is 5.93. The van der Waals surface area contributed by atoms with Crippen LogP contribution in [0.2, 0.25) is 5.02 Å². The van der Waals surface area contributed by atoms with Crippen LogP contribution < -0.4 is 0 Å². The summed E-state index contributed by atoms with van der Waals surface area (Å²) in [6.45, 7) is 2.26. The maximum absolute atomic E-state index is 13.2. The Balaban J connectivity index is 1.16. The molecule has 2 amide bonds. The lowest BCUT2D eigenvalue weighted by atomic mass is 9.49. The van der Waals surface area contributed by atoms with E-state index >= 15 is 0 Å². The molecule has 5 fully saturated rings. The van der Waals surface area contributed by atoms with Crippen LogP contribution >= 0.6 is 11.6 Å². The molecule has 5 heteroatoms. The van der Waals surface area contributed by atoms with E-state index in [-0.39, 0.29) is 11.8 Å². The predicted octanol–water partition coefficient (Wildman–Crippen LogP) is 4.87. The molecular formula is C25H33ClN2O2. The van der Waals surface area contributed by atoms with Gasteiger partial charge in [-0.05, 0) is 98.8 Å². The third-order valence-corrected chi connectivity index (χ3v) is 8.59. The summed E-state index contributed by atoms with van der Waals surface area (Å²) in [5.41, 5.74) is 1.06. The van der Waals surface area contributed by atoms with E-state index < -0.39 is 0 Å². The standard InChI is InChI=1S/C25H33ClN2O2/c1-27(16-25-13-17-10-18(14-25)12-19(11-17)15-25)23(29)21-6-8-28(9-7-21)24(30)20-2-4-22(26)5-3-20/h2-5,17-19,21H,6-16H2,1H3. The van der Waals surface area contributed by atoms with Crippen molar-refractivity contribution in [1.29, 1.82) is 0 Å². The Kier molecular flexibility index (Phi) is 5.33. The molecule has 1 heterocycles. The second-order valence-electron chi connectivity index (χ2n) is 10.7. The van der Waals surface area contributed by atoms with Gasteiger partial charge in [-0.2, -0.15) is 0 Å². The molecule has 1 aliphatic heterocycles. The first-order valence-corrected chi connectivity index (χ1v) is 12.1. The molecule has 162 valence electrons. The van der Waals surface area contributed by atoms with Crippen molar-refractivity contribution in [2.75, 3.05) is 26.7 Å². The van der Waals surface area contributed by atoms with Crippen molar-refractivity contribution >= 4 is 23.4 Å². The Morgan fingerprint density at radius 1 is 1.00 bits per heavy atom. The van der Waals surface area contributed by atoms with Gasteiger partial charge in [0.15, 0.2) is 0 Å². The molecule has 30 heavy (non-hydrogen) atoms. The van der Waals surface area contributed by atoms with Crippen molar-refractivity contribution < 1.29 is 9.59 Å². The highest BCUT2D eigenvalue weighted by Gasteiger charge is 2.51. The topological polar surface area (TPSA) is 40.6 Å². The van der Waals surface area contributed by atoms with E-state index in [1.54, 1.807) is 24.3 Å². The molecule has 0 radical (unpaired) electrons. The maximum Gasteiger partial charge on any atom is 0.253 e. The van der Waals surface area contributed by atoms with E-state index in [1.807, 2.05) is 11.9 Å². The lowest BCUT2D eigenvalue weighted by Gasteiger charge is -2.57. The van der Waals surface area contributed by atoms with Crippen molar-refractivity contribution in [3.63, 3.8) is 0 Å². The zero-order valence-corrected chi connectivity index (χ0v) is 18.7. The van der Waals surface area contributed by atoms with Crippen LogP contribution in [0, 0.1) is 29.1 Å². The van der Waals surface area contributed by atoms with E-state index in [9.17, 15) is 9.59 Å². The Bertz CT molecular complexity index is 778. The summed E-state index contributed by atoms with van der Waals surface area (Å²) in [7, 11) is 2.02. The first-order valence-electron chi connectivity index (χ1n) is 11.7. The molecule has 0 N–H and O–H groups in total. The zero-order chi connectivity index (χ0) is 20.9. The quantitative estimate of drug-likeness (QED) is 0.686. The number of carbonyl (C=O) groups is 2. The van der Waals surface area contributed by atoms with E-state index in [1.165, 1.54) is 38.5 Å². The third-order valence-electron chi connectivity index (χ3n) is 8.34. The summed E-state index contributed by atoms with van der Waals surface area (Å²) in [4.78, 5) is 29.9. The largest absolute Gasteiger partial charge is 0.345 e. The van der Waals surface area contributed by atoms with Gasteiger partial charge >= 0.3 is 0 Å². The molecule has 4 saturated carbocycles. The van der Waals surface area contributed by atoms with Crippen LogP contribution in [0.3, 0.4) is 0 Å². The number of likely N-dealkylation sites (tertiary alicyclic amines) is 1. The fourth-order valence-electron chi connectivity index (χ4n) is 7.48. The number of hydrogen-bond acceptors (Lipinski definition) is 2. The van der Waals surface area contributed by atoms with Gasteiger partial charge < -0.3 is 9.80 Å². The van der Waals surface area contributed by atoms with Crippen molar-refractivity contribution in [2.45, 2.75) is 51.4 Å². The highest BCUT2D eigenvalue weighted by atomic mass is 35.5. The van der Waals surface area contributed by atoms with E-state index in [0.717, 1.165) is 37.1 Å². The molecule has 4 nitrogen and oxygen atoms in total. The number of carbonyl (C=O) groups excluding carboxylic acids is 2. The minimum atomic E-state index is 0.0412. The molecule has 1 aromatic rings. The predicted molar refractivity (Wildman–Crippen MR) is 118 cm³/mol. The van der Waals surface area contributed by atoms with Gasteiger partial charge in [-0.25, -0.2) is 0 Å². The minimum Gasteiger partial charge on any atom is -0.345 e. The highest BCUT2D eigenvalue weighted by Crippen LogP contribution is 2.60. The minimum absolute atomic E-state index is 0.0412.